The maximum absolute atomic E-state index is 12.9. The van der Waals surface area contributed by atoms with Crippen molar-refractivity contribution in [2.24, 2.45) is 0 Å². The molecule has 3 rings (SSSR count). The van der Waals surface area contributed by atoms with Gasteiger partial charge in [0.2, 0.25) is 0 Å². The Morgan fingerprint density at radius 1 is 1.16 bits per heavy atom. The lowest BCUT2D eigenvalue weighted by Crippen LogP contribution is -2.27. The Balaban J connectivity index is 1.92. The summed E-state index contributed by atoms with van der Waals surface area (Å²) in [5, 5.41) is 0.538. The number of carbonyl (C=O) groups is 2. The van der Waals surface area contributed by atoms with Crippen LogP contribution in [0.4, 0.5) is 4.79 Å². The van der Waals surface area contributed by atoms with E-state index in [1.54, 1.807) is 43.5 Å². The van der Waals surface area contributed by atoms with E-state index in [1.807, 2.05) is 13.0 Å². The van der Waals surface area contributed by atoms with E-state index in [-0.39, 0.29) is 17.7 Å². The lowest BCUT2D eigenvalue weighted by molar-refractivity contribution is -0.123. The average molecular weight is 478 g/mol. The first-order valence-corrected chi connectivity index (χ1v) is 11.1. The summed E-state index contributed by atoms with van der Waals surface area (Å²) in [6, 6.07) is 8.65. The molecule has 0 aromatic heterocycles. The quantitative estimate of drug-likeness (QED) is 0.326. The van der Waals surface area contributed by atoms with E-state index < -0.39 is 0 Å². The third-order valence-electron chi connectivity index (χ3n) is 4.54. The molecule has 1 fully saturated rings. The lowest BCUT2D eigenvalue weighted by atomic mass is 10.0. The number of rotatable bonds is 8. The van der Waals surface area contributed by atoms with Crippen molar-refractivity contribution in [1.82, 2.24) is 4.90 Å². The molecule has 2 aromatic rings. The molecule has 0 atom stereocenters. The van der Waals surface area contributed by atoms with Gasteiger partial charge in [0.25, 0.3) is 11.1 Å². The van der Waals surface area contributed by atoms with Crippen molar-refractivity contribution in [3.05, 3.63) is 74.6 Å². The first kappa shape index (κ1) is 23.3. The summed E-state index contributed by atoms with van der Waals surface area (Å²) in [5.41, 5.74) is 2.25. The Hall–Kier alpha value is -2.41. The van der Waals surface area contributed by atoms with Gasteiger partial charge >= 0.3 is 0 Å². The van der Waals surface area contributed by atoms with Crippen LogP contribution in [0.15, 0.2) is 47.9 Å². The normalized spacial score (nSPS) is 15.0. The van der Waals surface area contributed by atoms with Crippen LogP contribution in [0.3, 0.4) is 0 Å². The molecular formula is C23H21Cl2NO4S. The first-order chi connectivity index (χ1) is 14.9. The van der Waals surface area contributed by atoms with E-state index in [4.69, 9.17) is 32.7 Å². The average Bonchev–Trinajstić information content (AvgIpc) is 2.97. The number of hydrogen-bond donors (Lipinski definition) is 0. The first-order valence-electron chi connectivity index (χ1n) is 9.51. The summed E-state index contributed by atoms with van der Waals surface area (Å²) in [4.78, 5) is 26.9. The third kappa shape index (κ3) is 5.26. The standard InChI is InChI=1S/C23H21Cl2NO4S/c1-4-6-15-9-14(10-19(30-5-2)21(15)29-3)11-20-22(27)26(23(28)31-20)13-16-7-8-17(24)12-18(16)25/h4,7-12H,1,5-6,13H2,2-3H3/b20-11-. The molecule has 1 heterocycles. The number of amides is 2. The molecule has 2 aromatic carbocycles. The molecule has 0 bridgehead atoms. The summed E-state index contributed by atoms with van der Waals surface area (Å²) in [7, 11) is 1.58. The summed E-state index contributed by atoms with van der Waals surface area (Å²) in [6.45, 7) is 6.21. The molecule has 1 saturated heterocycles. The molecule has 0 N–H and O–H groups in total. The molecule has 0 aliphatic carbocycles. The maximum Gasteiger partial charge on any atom is 0.293 e. The van der Waals surface area contributed by atoms with Crippen molar-refractivity contribution >= 4 is 52.2 Å². The van der Waals surface area contributed by atoms with Crippen LogP contribution in [-0.4, -0.2) is 29.8 Å². The van der Waals surface area contributed by atoms with Gasteiger partial charge < -0.3 is 9.47 Å². The lowest BCUT2D eigenvalue weighted by Gasteiger charge is -2.15. The van der Waals surface area contributed by atoms with Crippen LogP contribution >= 0.6 is 35.0 Å². The number of carbonyl (C=O) groups excluding carboxylic acids is 2. The van der Waals surface area contributed by atoms with Crippen LogP contribution in [0.1, 0.15) is 23.6 Å². The predicted octanol–water partition coefficient (Wildman–Crippen LogP) is 6.37. The highest BCUT2D eigenvalue weighted by atomic mass is 35.5. The van der Waals surface area contributed by atoms with Crippen molar-refractivity contribution < 1.29 is 19.1 Å². The van der Waals surface area contributed by atoms with Crippen LogP contribution < -0.4 is 9.47 Å². The monoisotopic (exact) mass is 477 g/mol. The molecule has 2 amide bonds. The highest BCUT2D eigenvalue weighted by Gasteiger charge is 2.35. The number of halogens is 2. The Morgan fingerprint density at radius 3 is 2.58 bits per heavy atom. The predicted molar refractivity (Wildman–Crippen MR) is 126 cm³/mol. The van der Waals surface area contributed by atoms with E-state index in [9.17, 15) is 9.59 Å². The number of allylic oxidation sites excluding steroid dienone is 1. The van der Waals surface area contributed by atoms with Gasteiger partial charge in [-0.25, -0.2) is 0 Å². The second-order valence-electron chi connectivity index (χ2n) is 6.64. The molecule has 31 heavy (non-hydrogen) atoms. The minimum absolute atomic E-state index is 0.0759. The van der Waals surface area contributed by atoms with Gasteiger partial charge in [0.05, 0.1) is 25.2 Å². The third-order valence-corrected chi connectivity index (χ3v) is 6.03. The van der Waals surface area contributed by atoms with E-state index in [0.29, 0.717) is 45.0 Å². The maximum atomic E-state index is 12.9. The zero-order valence-corrected chi connectivity index (χ0v) is 19.4. The summed E-state index contributed by atoms with van der Waals surface area (Å²) >= 11 is 13.0. The van der Waals surface area contributed by atoms with Gasteiger partial charge in [-0.05, 0) is 66.6 Å². The SMILES string of the molecule is C=CCc1cc(/C=C2\SC(=O)N(Cc3ccc(Cl)cc3Cl)C2=O)cc(OCC)c1OC. The number of hydrogen-bond acceptors (Lipinski definition) is 5. The Kier molecular flexibility index (Phi) is 7.70. The number of thioether (sulfide) groups is 1. The van der Waals surface area contributed by atoms with Gasteiger partial charge in [0.15, 0.2) is 11.5 Å². The number of methoxy groups -OCH3 is 1. The van der Waals surface area contributed by atoms with Crippen molar-refractivity contribution in [2.75, 3.05) is 13.7 Å². The van der Waals surface area contributed by atoms with E-state index in [0.717, 1.165) is 22.9 Å². The van der Waals surface area contributed by atoms with Crippen LogP contribution in [-0.2, 0) is 17.8 Å². The molecule has 0 saturated carbocycles. The number of nitrogens with zero attached hydrogens (tertiary/aromatic N) is 1. The molecule has 8 heteroatoms. The smallest absolute Gasteiger partial charge is 0.293 e. The molecule has 0 unspecified atom stereocenters. The molecule has 0 spiro atoms. The van der Waals surface area contributed by atoms with Crippen LogP contribution in [0.5, 0.6) is 11.5 Å². The van der Waals surface area contributed by atoms with Crippen molar-refractivity contribution in [2.45, 2.75) is 19.9 Å². The number of imide groups is 1. The Morgan fingerprint density at radius 2 is 1.94 bits per heavy atom. The fraction of sp³-hybridized carbons (Fsp3) is 0.217. The fourth-order valence-corrected chi connectivity index (χ4v) is 4.48. The minimum Gasteiger partial charge on any atom is -0.493 e. The Labute approximate surface area is 195 Å². The molecule has 162 valence electrons. The molecule has 5 nitrogen and oxygen atoms in total. The second kappa shape index (κ2) is 10.3. The van der Waals surface area contributed by atoms with E-state index >= 15 is 0 Å². The summed E-state index contributed by atoms with van der Waals surface area (Å²) < 4.78 is 11.2. The van der Waals surface area contributed by atoms with E-state index in [1.165, 1.54) is 4.90 Å². The highest BCUT2D eigenvalue weighted by molar-refractivity contribution is 8.18. The summed E-state index contributed by atoms with van der Waals surface area (Å²) in [6.07, 6.45) is 4.02. The number of benzene rings is 2. The van der Waals surface area contributed by atoms with Crippen LogP contribution in [0, 0.1) is 0 Å². The van der Waals surface area contributed by atoms with Gasteiger partial charge in [-0.15, -0.1) is 6.58 Å². The molecule has 1 aliphatic heterocycles. The summed E-state index contributed by atoms with van der Waals surface area (Å²) in [5.74, 6) is 0.826. The van der Waals surface area contributed by atoms with Gasteiger partial charge in [0, 0.05) is 15.6 Å². The van der Waals surface area contributed by atoms with E-state index in [2.05, 4.69) is 6.58 Å². The second-order valence-corrected chi connectivity index (χ2v) is 8.48. The highest BCUT2D eigenvalue weighted by Crippen LogP contribution is 2.38. The van der Waals surface area contributed by atoms with Crippen LogP contribution in [0.2, 0.25) is 10.0 Å². The number of ether oxygens (including phenoxy) is 2. The molecular weight excluding hydrogens is 457 g/mol. The van der Waals surface area contributed by atoms with Crippen molar-refractivity contribution in [3.63, 3.8) is 0 Å². The van der Waals surface area contributed by atoms with Crippen LogP contribution in [0.25, 0.3) is 6.08 Å². The zero-order chi connectivity index (χ0) is 22.5. The van der Waals surface area contributed by atoms with Gasteiger partial charge in [-0.3, -0.25) is 14.5 Å². The fourth-order valence-electron chi connectivity index (χ4n) is 3.18. The van der Waals surface area contributed by atoms with Gasteiger partial charge in [-0.2, -0.15) is 0 Å². The van der Waals surface area contributed by atoms with Gasteiger partial charge in [-0.1, -0.05) is 35.3 Å². The molecule has 0 radical (unpaired) electrons. The van der Waals surface area contributed by atoms with Crippen molar-refractivity contribution in [3.8, 4) is 11.5 Å². The minimum atomic E-state index is -0.375. The Bertz CT molecular complexity index is 1070. The van der Waals surface area contributed by atoms with Gasteiger partial charge in [0.1, 0.15) is 0 Å². The zero-order valence-electron chi connectivity index (χ0n) is 17.1. The largest absolute Gasteiger partial charge is 0.493 e. The topological polar surface area (TPSA) is 55.8 Å². The van der Waals surface area contributed by atoms with Crippen molar-refractivity contribution in [1.29, 1.82) is 0 Å². The molecule has 1 aliphatic rings.